The van der Waals surface area contributed by atoms with Gasteiger partial charge in [-0.3, -0.25) is 4.79 Å². The molecule has 1 N–H and O–H groups in total. The zero-order valence-electron chi connectivity index (χ0n) is 21.4. The minimum Gasteiger partial charge on any atom is -0.387 e. The Balaban J connectivity index is 0.00000259. The van der Waals surface area contributed by atoms with Crippen molar-refractivity contribution < 1.29 is 14.6 Å². The van der Waals surface area contributed by atoms with Gasteiger partial charge in [-0.15, -0.1) is 0 Å². The fourth-order valence-electron chi connectivity index (χ4n) is 9.59. The van der Waals surface area contributed by atoms with Crippen molar-refractivity contribution in [2.24, 2.45) is 40.9 Å². The Kier molecular flexibility index (Phi) is 7.83. The maximum Gasteiger partial charge on any atom is 0.226 e. The molecule has 190 valence electrons. The predicted octanol–water partition coefficient (Wildman–Crippen LogP) is 5.54. The van der Waals surface area contributed by atoms with Crippen LogP contribution < -0.4 is 0 Å². The van der Waals surface area contributed by atoms with Crippen LogP contribution in [0.2, 0.25) is 0 Å². The van der Waals surface area contributed by atoms with Gasteiger partial charge in [0.05, 0.1) is 12.2 Å². The highest BCUT2D eigenvalue weighted by Crippen LogP contribution is 2.63. The van der Waals surface area contributed by atoms with Gasteiger partial charge in [0, 0.05) is 25.6 Å². The van der Waals surface area contributed by atoms with Gasteiger partial charge < -0.3 is 14.7 Å². The van der Waals surface area contributed by atoms with Crippen molar-refractivity contribution in [2.45, 2.75) is 109 Å². The molecule has 0 aromatic heterocycles. The van der Waals surface area contributed by atoms with E-state index in [1.165, 1.54) is 64.2 Å². The van der Waals surface area contributed by atoms with Crippen molar-refractivity contribution in [1.82, 2.24) is 4.90 Å². The maximum atomic E-state index is 13.8. The van der Waals surface area contributed by atoms with Crippen molar-refractivity contribution >= 4 is 19.4 Å². The Morgan fingerprint density at radius 1 is 0.970 bits per heavy atom. The summed E-state index contributed by atoms with van der Waals surface area (Å²) in [6.07, 6.45) is 15.5. The first-order valence-corrected chi connectivity index (χ1v) is 13.9. The number of carbonyl (C=O) groups is 1. The quantitative estimate of drug-likeness (QED) is 0.578. The summed E-state index contributed by atoms with van der Waals surface area (Å²) in [7, 11) is 1.72. The fourth-order valence-corrected chi connectivity index (χ4v) is 9.59. The van der Waals surface area contributed by atoms with Gasteiger partial charge in [-0.1, -0.05) is 13.3 Å². The molecule has 4 nitrogen and oxygen atoms in total. The van der Waals surface area contributed by atoms with Crippen molar-refractivity contribution in [2.75, 3.05) is 20.3 Å². The van der Waals surface area contributed by atoms with Crippen LogP contribution >= 0.6 is 13.5 Å². The van der Waals surface area contributed by atoms with Gasteiger partial charge in [-0.2, -0.15) is 13.5 Å². The Bertz CT molecular complexity index is 703. The van der Waals surface area contributed by atoms with E-state index in [4.69, 9.17) is 4.74 Å². The summed E-state index contributed by atoms with van der Waals surface area (Å²) in [5, 5.41) is 11.0. The van der Waals surface area contributed by atoms with Crippen LogP contribution in [0, 0.1) is 40.9 Å². The molecule has 9 atom stereocenters. The van der Waals surface area contributed by atoms with Crippen molar-refractivity contribution in [1.29, 1.82) is 0 Å². The molecule has 4 saturated carbocycles. The minimum atomic E-state index is -0.598. The topological polar surface area (TPSA) is 49.8 Å². The fraction of sp³-hybridized carbons (Fsp3) is 0.964. The van der Waals surface area contributed by atoms with Gasteiger partial charge in [0.1, 0.15) is 0 Å². The third-order valence-corrected chi connectivity index (χ3v) is 11.1. The van der Waals surface area contributed by atoms with Crippen LogP contribution in [-0.4, -0.2) is 47.8 Å². The summed E-state index contributed by atoms with van der Waals surface area (Å²) >= 11 is 0. The van der Waals surface area contributed by atoms with Gasteiger partial charge >= 0.3 is 0 Å². The van der Waals surface area contributed by atoms with Gasteiger partial charge in [0.2, 0.25) is 5.91 Å². The van der Waals surface area contributed by atoms with Gasteiger partial charge in [0.25, 0.3) is 0 Å². The number of rotatable bonds is 3. The summed E-state index contributed by atoms with van der Waals surface area (Å²) in [5.41, 5.74) is -0.397. The maximum absolute atomic E-state index is 13.8. The summed E-state index contributed by atoms with van der Waals surface area (Å²) in [4.78, 5) is 16.1. The lowest BCUT2D eigenvalue weighted by Crippen LogP contribution is -2.57. The average molecular weight is 480 g/mol. The number of methoxy groups -OCH3 is 1. The monoisotopic (exact) mass is 479 g/mol. The van der Waals surface area contributed by atoms with Crippen LogP contribution in [0.25, 0.3) is 0 Å². The lowest BCUT2D eigenvalue weighted by Gasteiger charge is -2.61. The van der Waals surface area contributed by atoms with Crippen molar-refractivity contribution in [3.8, 4) is 0 Å². The molecular formula is C28H49NO3S. The number of hydrogen-bond acceptors (Lipinski definition) is 3. The largest absolute Gasteiger partial charge is 0.387 e. The molecule has 0 unspecified atom stereocenters. The Labute approximate surface area is 209 Å². The van der Waals surface area contributed by atoms with Gasteiger partial charge in [-0.25, -0.2) is 0 Å². The first-order chi connectivity index (χ1) is 15.4. The molecule has 0 spiro atoms. The molecule has 1 amide bonds. The lowest BCUT2D eigenvalue weighted by atomic mass is 9.44. The van der Waals surface area contributed by atoms with Crippen LogP contribution in [0.15, 0.2) is 0 Å². The van der Waals surface area contributed by atoms with E-state index in [2.05, 4.69) is 18.7 Å². The van der Waals surface area contributed by atoms with E-state index in [1.54, 1.807) is 7.11 Å². The summed E-state index contributed by atoms with van der Waals surface area (Å²) in [6, 6.07) is 0.431. The van der Waals surface area contributed by atoms with Crippen LogP contribution in [0.3, 0.4) is 0 Å². The summed E-state index contributed by atoms with van der Waals surface area (Å²) < 4.78 is 5.36. The molecular weight excluding hydrogens is 430 g/mol. The SMILES string of the molecule is COC[C@@]1(O)CC[C@H]2[C@H](CC[C@@H]3[C@@H]2CC[C@]2(C)[C@@H](C(=O)N4CCCC[C@@H]4C)CCC[C@@H]32)C1.S. The molecule has 1 saturated heterocycles. The summed E-state index contributed by atoms with van der Waals surface area (Å²) in [6.45, 7) is 6.25. The lowest BCUT2D eigenvalue weighted by molar-refractivity contribution is -0.163. The second-order valence-corrected chi connectivity index (χ2v) is 12.7. The zero-order valence-corrected chi connectivity index (χ0v) is 22.4. The Morgan fingerprint density at radius 2 is 1.76 bits per heavy atom. The van der Waals surface area contributed by atoms with Gasteiger partial charge in [0.15, 0.2) is 0 Å². The number of nitrogens with zero attached hydrogens (tertiary/aromatic N) is 1. The zero-order chi connectivity index (χ0) is 22.5. The molecule has 5 rings (SSSR count). The normalized spacial score (nSPS) is 47.5. The predicted molar refractivity (Wildman–Crippen MR) is 137 cm³/mol. The molecule has 1 heterocycles. The van der Waals surface area contributed by atoms with E-state index in [0.29, 0.717) is 24.5 Å². The molecule has 1 aliphatic heterocycles. The Morgan fingerprint density at radius 3 is 2.52 bits per heavy atom. The average Bonchev–Trinajstić information content (AvgIpc) is 2.77. The van der Waals surface area contributed by atoms with E-state index >= 15 is 0 Å². The molecule has 5 fully saturated rings. The molecule has 0 aromatic rings. The highest BCUT2D eigenvalue weighted by molar-refractivity contribution is 7.59. The van der Waals surface area contributed by atoms with Crippen LogP contribution in [0.5, 0.6) is 0 Å². The first kappa shape index (κ1) is 25.8. The second kappa shape index (κ2) is 10.0. The van der Waals surface area contributed by atoms with E-state index < -0.39 is 5.60 Å². The highest BCUT2D eigenvalue weighted by atomic mass is 32.1. The second-order valence-electron chi connectivity index (χ2n) is 12.7. The van der Waals surface area contributed by atoms with Crippen molar-refractivity contribution in [3.05, 3.63) is 0 Å². The smallest absolute Gasteiger partial charge is 0.226 e. The molecule has 0 aromatic carbocycles. The van der Waals surface area contributed by atoms with E-state index in [0.717, 1.165) is 49.5 Å². The highest BCUT2D eigenvalue weighted by Gasteiger charge is 2.58. The molecule has 33 heavy (non-hydrogen) atoms. The van der Waals surface area contributed by atoms with E-state index in [1.807, 2.05) is 0 Å². The number of piperidine rings is 1. The molecule has 5 aliphatic rings. The third-order valence-electron chi connectivity index (χ3n) is 11.1. The molecule has 5 heteroatoms. The number of aliphatic hydroxyl groups is 1. The molecule has 0 bridgehead atoms. The third kappa shape index (κ3) is 4.53. The van der Waals surface area contributed by atoms with E-state index in [9.17, 15) is 9.90 Å². The van der Waals surface area contributed by atoms with Crippen LogP contribution in [0.1, 0.15) is 97.3 Å². The first-order valence-electron chi connectivity index (χ1n) is 13.9. The number of carbonyl (C=O) groups excluding carboxylic acids is 1. The van der Waals surface area contributed by atoms with Crippen LogP contribution in [0.4, 0.5) is 0 Å². The minimum absolute atomic E-state index is 0. The number of hydrogen-bond donors (Lipinski definition) is 1. The number of amides is 1. The summed E-state index contributed by atoms with van der Waals surface area (Å²) in [5.74, 6) is 4.56. The number of fused-ring (bicyclic) bond motifs is 5. The molecule has 4 aliphatic carbocycles. The molecule has 0 radical (unpaired) electrons. The van der Waals surface area contributed by atoms with Gasteiger partial charge in [-0.05, 0) is 119 Å². The number of ether oxygens (including phenoxy) is 1. The number of likely N-dealkylation sites (tertiary alicyclic amines) is 1. The van der Waals surface area contributed by atoms with Crippen molar-refractivity contribution in [3.63, 3.8) is 0 Å². The standard InChI is InChI=1S/C28H47NO3.H2S/c1-19-7-4-5-16-29(19)26(30)25-9-6-8-24-23-11-10-20-17-28(31,18-32-3)15-13-21(20)22(23)12-14-27(24,25)2;/h19-25,31H,4-18H2,1-3H3;1H2/t19-,20+,21-,22+,23+,24-,25+,27-,28+;/m0./s1. The van der Waals surface area contributed by atoms with E-state index in [-0.39, 0.29) is 24.8 Å². The Hall–Kier alpha value is -0.260. The van der Waals surface area contributed by atoms with Crippen LogP contribution in [-0.2, 0) is 9.53 Å².